The Labute approximate surface area is 122 Å². The molecule has 4 nitrogen and oxygen atoms in total. The summed E-state index contributed by atoms with van der Waals surface area (Å²) < 4.78 is 68.6. The zero-order valence-corrected chi connectivity index (χ0v) is 11.9. The van der Waals surface area contributed by atoms with Gasteiger partial charge < -0.3 is 10.3 Å². The third kappa shape index (κ3) is 4.01. The number of hydrogen-bond donors (Lipinski definition) is 1. The summed E-state index contributed by atoms with van der Waals surface area (Å²) in [6, 6.07) is 0.704. The van der Waals surface area contributed by atoms with Crippen LogP contribution in [-0.2, 0) is 16.3 Å². The summed E-state index contributed by atoms with van der Waals surface area (Å²) in [7, 11) is -4.95. The maximum atomic E-state index is 12.3. The number of rotatable bonds is 1. The molecule has 2 N–H and O–H groups in total. The Bertz CT molecular complexity index is 532. The first kappa shape index (κ1) is 17.0. The molecule has 17 heavy (non-hydrogen) atoms. The summed E-state index contributed by atoms with van der Waals surface area (Å²) in [6.45, 7) is 0. The molecular formula is C7H4ClF3NNaO3S. The van der Waals surface area contributed by atoms with Crippen molar-refractivity contribution < 1.29 is 55.7 Å². The van der Waals surface area contributed by atoms with Crippen molar-refractivity contribution in [2.75, 3.05) is 5.73 Å². The minimum absolute atomic E-state index is 0. The van der Waals surface area contributed by atoms with E-state index in [9.17, 15) is 26.1 Å². The van der Waals surface area contributed by atoms with Crippen LogP contribution in [0.3, 0.4) is 0 Å². The van der Waals surface area contributed by atoms with Gasteiger partial charge in [0, 0.05) is 5.69 Å². The van der Waals surface area contributed by atoms with Crippen molar-refractivity contribution in [3.63, 3.8) is 0 Å². The third-order valence-corrected chi connectivity index (χ3v) is 2.88. The average molecular weight is 298 g/mol. The van der Waals surface area contributed by atoms with Crippen molar-refractivity contribution in [2.45, 2.75) is 11.1 Å². The fourth-order valence-corrected chi connectivity index (χ4v) is 1.95. The number of nitrogen functional groups attached to an aromatic ring is 1. The predicted molar refractivity (Wildman–Crippen MR) is 48.8 cm³/mol. The number of anilines is 1. The van der Waals surface area contributed by atoms with E-state index in [1.165, 1.54) is 0 Å². The largest absolute Gasteiger partial charge is 1.00 e. The van der Waals surface area contributed by atoms with Crippen LogP contribution in [0.25, 0.3) is 0 Å². The van der Waals surface area contributed by atoms with Gasteiger partial charge in [0.1, 0.15) is 10.1 Å². The van der Waals surface area contributed by atoms with Crippen molar-refractivity contribution in [3.8, 4) is 0 Å². The standard InChI is InChI=1S/C7H5ClF3NO3S.Na/c8-4-2-6(16(13,14)15)5(12)1-3(4)7(9,10)11;/h1-2H,12H2,(H,13,14,15);/q;+1/p-1. The van der Waals surface area contributed by atoms with E-state index in [1.807, 2.05) is 0 Å². The van der Waals surface area contributed by atoms with Crippen LogP contribution in [0.15, 0.2) is 17.0 Å². The molecule has 10 heteroatoms. The molecule has 1 rings (SSSR count). The van der Waals surface area contributed by atoms with Gasteiger partial charge in [-0.2, -0.15) is 13.2 Å². The number of alkyl halides is 3. The van der Waals surface area contributed by atoms with Gasteiger partial charge in [0.15, 0.2) is 0 Å². The first-order valence-corrected chi connectivity index (χ1v) is 5.44. The predicted octanol–water partition coefficient (Wildman–Crippen LogP) is -1.15. The molecule has 0 spiro atoms. The van der Waals surface area contributed by atoms with Crippen LogP contribution < -0.4 is 35.3 Å². The molecule has 0 saturated carbocycles. The van der Waals surface area contributed by atoms with Gasteiger partial charge in [0.25, 0.3) is 0 Å². The SMILES string of the molecule is Nc1cc(C(F)(F)F)c(Cl)cc1S(=O)(=O)[O-].[Na+]. The number of benzene rings is 1. The van der Waals surface area contributed by atoms with Crippen LogP contribution >= 0.6 is 11.6 Å². The summed E-state index contributed by atoms with van der Waals surface area (Å²) in [5, 5.41) is -0.892. The quantitative estimate of drug-likeness (QED) is 0.403. The first-order chi connectivity index (χ1) is 7.03. The van der Waals surface area contributed by atoms with Gasteiger partial charge in [0.2, 0.25) is 0 Å². The molecule has 1 aromatic carbocycles. The molecule has 0 atom stereocenters. The van der Waals surface area contributed by atoms with Crippen molar-refractivity contribution in [1.82, 2.24) is 0 Å². The van der Waals surface area contributed by atoms with E-state index in [0.717, 1.165) is 0 Å². The zero-order chi connectivity index (χ0) is 12.7. The smallest absolute Gasteiger partial charge is 0.744 e. The van der Waals surface area contributed by atoms with Gasteiger partial charge >= 0.3 is 35.7 Å². The molecule has 0 aliphatic rings. The van der Waals surface area contributed by atoms with Crippen LogP contribution in [-0.4, -0.2) is 13.0 Å². The molecule has 0 aliphatic heterocycles. The van der Waals surface area contributed by atoms with Crippen LogP contribution in [0.4, 0.5) is 18.9 Å². The van der Waals surface area contributed by atoms with Crippen molar-refractivity contribution in [1.29, 1.82) is 0 Å². The van der Waals surface area contributed by atoms with Crippen LogP contribution in [0, 0.1) is 0 Å². The van der Waals surface area contributed by atoms with E-state index in [2.05, 4.69) is 0 Å². The van der Waals surface area contributed by atoms with E-state index >= 15 is 0 Å². The Morgan fingerprint density at radius 3 is 2.12 bits per heavy atom. The van der Waals surface area contributed by atoms with Gasteiger partial charge in [-0.1, -0.05) is 11.6 Å². The maximum absolute atomic E-state index is 12.3. The minimum atomic E-state index is -4.95. The third-order valence-electron chi connectivity index (χ3n) is 1.67. The minimum Gasteiger partial charge on any atom is -0.744 e. The summed E-state index contributed by atoms with van der Waals surface area (Å²) >= 11 is 5.21. The summed E-state index contributed by atoms with van der Waals surface area (Å²) in [6.07, 6.45) is -4.77. The Morgan fingerprint density at radius 1 is 1.29 bits per heavy atom. The average Bonchev–Trinajstić information content (AvgIpc) is 2.04. The number of hydrogen-bond acceptors (Lipinski definition) is 4. The Morgan fingerprint density at radius 2 is 1.76 bits per heavy atom. The number of halogens is 4. The monoisotopic (exact) mass is 297 g/mol. The molecule has 0 aliphatic carbocycles. The van der Waals surface area contributed by atoms with E-state index in [-0.39, 0.29) is 29.6 Å². The summed E-state index contributed by atoms with van der Waals surface area (Å²) in [4.78, 5) is -0.967. The molecule has 1 aromatic rings. The number of nitrogens with two attached hydrogens (primary N) is 1. The van der Waals surface area contributed by atoms with Crippen LogP contribution in [0.5, 0.6) is 0 Å². The Kier molecular flexibility index (Phi) is 5.33. The van der Waals surface area contributed by atoms with Gasteiger partial charge in [-0.15, -0.1) is 0 Å². The van der Waals surface area contributed by atoms with E-state index in [4.69, 9.17) is 17.3 Å². The van der Waals surface area contributed by atoms with Crippen LogP contribution in [0.1, 0.15) is 5.56 Å². The summed E-state index contributed by atoms with van der Waals surface area (Å²) in [5.41, 5.74) is 2.96. The van der Waals surface area contributed by atoms with Crippen molar-refractivity contribution in [2.24, 2.45) is 0 Å². The van der Waals surface area contributed by atoms with Gasteiger partial charge in [0.05, 0.1) is 15.5 Å². The Hall–Kier alpha value is 0.01000. The summed E-state index contributed by atoms with van der Waals surface area (Å²) in [5.74, 6) is 0. The molecule has 0 fully saturated rings. The van der Waals surface area contributed by atoms with E-state index in [0.29, 0.717) is 12.1 Å². The zero-order valence-electron chi connectivity index (χ0n) is 8.38. The normalized spacial score (nSPS) is 12.1. The second-order valence-electron chi connectivity index (χ2n) is 2.82. The fourth-order valence-electron chi connectivity index (χ4n) is 1.01. The van der Waals surface area contributed by atoms with Gasteiger partial charge in [-0.3, -0.25) is 0 Å². The molecule has 0 unspecified atom stereocenters. The topological polar surface area (TPSA) is 83.2 Å². The van der Waals surface area contributed by atoms with Crippen molar-refractivity contribution >= 4 is 27.4 Å². The van der Waals surface area contributed by atoms with Crippen molar-refractivity contribution in [3.05, 3.63) is 22.7 Å². The van der Waals surface area contributed by atoms with Gasteiger partial charge in [-0.25, -0.2) is 8.42 Å². The van der Waals surface area contributed by atoms with Gasteiger partial charge in [-0.05, 0) is 12.1 Å². The molecule has 0 bridgehead atoms. The second-order valence-corrected chi connectivity index (χ2v) is 4.58. The Balaban J connectivity index is 0.00000256. The molecule has 0 radical (unpaired) electrons. The molecule has 0 heterocycles. The van der Waals surface area contributed by atoms with E-state index in [1.54, 1.807) is 0 Å². The maximum Gasteiger partial charge on any atom is 1.00 e. The second kappa shape index (κ2) is 5.33. The van der Waals surface area contributed by atoms with E-state index < -0.39 is 37.5 Å². The molecule has 0 aromatic heterocycles. The molecular weight excluding hydrogens is 294 g/mol. The fraction of sp³-hybridized carbons (Fsp3) is 0.143. The van der Waals surface area contributed by atoms with Crippen LogP contribution in [0.2, 0.25) is 5.02 Å². The molecule has 0 amide bonds. The first-order valence-electron chi connectivity index (χ1n) is 3.65. The molecule has 0 saturated heterocycles. The molecule has 90 valence electrons.